The van der Waals surface area contributed by atoms with Crippen LogP contribution in [-0.2, 0) is 11.8 Å². The fourth-order valence-electron chi connectivity index (χ4n) is 4.46. The number of rotatable bonds is 4. The number of amides is 1. The Labute approximate surface area is 169 Å². The van der Waals surface area contributed by atoms with Crippen molar-refractivity contribution in [3.05, 3.63) is 29.3 Å². The fourth-order valence-corrected chi connectivity index (χ4v) is 5.48. The Balaban J connectivity index is 1.43. The molecular weight excluding hydrogens is 380 g/mol. The van der Waals surface area contributed by atoms with Crippen LogP contribution < -0.4 is 0 Å². The smallest absolute Gasteiger partial charge is 0.233 e. The number of benzene rings is 1. The predicted octanol–water partition coefficient (Wildman–Crippen LogP) is 4.41. The molecule has 1 aliphatic heterocycles. The second-order valence-corrected chi connectivity index (χ2v) is 8.82. The molecule has 1 saturated carbocycles. The molecule has 1 aromatic heterocycles. The average Bonchev–Trinajstić information content (AvgIpc) is 3.06. The second-order valence-electron chi connectivity index (χ2n) is 7.47. The van der Waals surface area contributed by atoms with Crippen LogP contribution in [0.2, 0.25) is 5.02 Å². The molecule has 7 heteroatoms. The van der Waals surface area contributed by atoms with Crippen LogP contribution in [0, 0.1) is 5.92 Å². The van der Waals surface area contributed by atoms with Crippen LogP contribution in [0.1, 0.15) is 38.5 Å². The van der Waals surface area contributed by atoms with Crippen LogP contribution >= 0.6 is 23.4 Å². The van der Waals surface area contributed by atoms with Crippen LogP contribution in [-0.4, -0.2) is 43.9 Å². The zero-order chi connectivity index (χ0) is 18.8. The zero-order valence-corrected chi connectivity index (χ0v) is 17.2. The lowest BCUT2D eigenvalue weighted by Gasteiger charge is -2.44. The lowest BCUT2D eigenvalue weighted by molar-refractivity contribution is -0.134. The van der Waals surface area contributed by atoms with Gasteiger partial charge in [-0.1, -0.05) is 48.3 Å². The Kier molecular flexibility index (Phi) is 5.74. The van der Waals surface area contributed by atoms with Gasteiger partial charge in [0, 0.05) is 25.2 Å². The summed E-state index contributed by atoms with van der Waals surface area (Å²) in [4.78, 5) is 15.0. The number of likely N-dealkylation sites (tertiary alicyclic amines) is 1. The maximum atomic E-state index is 12.9. The topological polar surface area (TPSA) is 51.0 Å². The van der Waals surface area contributed by atoms with E-state index in [0.29, 0.717) is 22.7 Å². The highest BCUT2D eigenvalue weighted by molar-refractivity contribution is 7.99. The Morgan fingerprint density at radius 1 is 1.19 bits per heavy atom. The van der Waals surface area contributed by atoms with Crippen molar-refractivity contribution in [2.24, 2.45) is 13.0 Å². The van der Waals surface area contributed by atoms with E-state index in [1.54, 1.807) is 0 Å². The number of thioether (sulfide) groups is 1. The molecule has 0 spiro atoms. The highest BCUT2D eigenvalue weighted by Crippen LogP contribution is 2.36. The highest BCUT2D eigenvalue weighted by Gasteiger charge is 2.35. The summed E-state index contributed by atoms with van der Waals surface area (Å²) >= 11 is 7.75. The molecule has 1 aromatic carbocycles. The summed E-state index contributed by atoms with van der Waals surface area (Å²) in [6.45, 7) is 0.907. The largest absolute Gasteiger partial charge is 0.339 e. The number of halogens is 1. The van der Waals surface area contributed by atoms with Gasteiger partial charge in [-0.2, -0.15) is 0 Å². The van der Waals surface area contributed by atoms with Crippen LogP contribution in [0.3, 0.4) is 0 Å². The van der Waals surface area contributed by atoms with Gasteiger partial charge in [-0.05, 0) is 43.7 Å². The van der Waals surface area contributed by atoms with E-state index in [0.717, 1.165) is 29.5 Å². The third kappa shape index (κ3) is 3.87. The summed E-state index contributed by atoms with van der Waals surface area (Å²) < 4.78 is 1.92. The summed E-state index contributed by atoms with van der Waals surface area (Å²) in [7, 11) is 1.92. The molecule has 1 saturated heterocycles. The molecule has 2 aliphatic rings. The molecule has 4 rings (SSSR count). The quantitative estimate of drug-likeness (QED) is 0.708. The molecule has 0 radical (unpaired) electrons. The van der Waals surface area contributed by atoms with Gasteiger partial charge in [0.05, 0.1) is 10.8 Å². The standard InChI is InChI=1S/C20H25ClN4OS/c1-24-19(15-9-3-4-10-16(15)21)22-23-20(24)27-13-18(26)25-12-6-8-14-7-2-5-11-17(14)25/h3-4,9-10,14,17H,2,5-8,11-13H2,1H3/t14-,17+/m0/s1. The fraction of sp³-hybridized carbons (Fsp3) is 0.550. The van der Waals surface area contributed by atoms with Crippen molar-refractivity contribution in [3.63, 3.8) is 0 Å². The molecule has 1 aliphatic carbocycles. The molecule has 2 aromatic rings. The average molecular weight is 405 g/mol. The third-order valence-corrected chi connectivity index (χ3v) is 7.17. The molecule has 2 fully saturated rings. The molecule has 2 heterocycles. The van der Waals surface area contributed by atoms with Gasteiger partial charge in [0.2, 0.25) is 5.91 Å². The molecule has 0 unspecified atom stereocenters. The van der Waals surface area contributed by atoms with Crippen molar-refractivity contribution in [2.45, 2.75) is 49.7 Å². The first kappa shape index (κ1) is 18.8. The molecule has 0 bridgehead atoms. The number of aromatic nitrogens is 3. The number of hydrogen-bond donors (Lipinski definition) is 0. The number of hydrogen-bond acceptors (Lipinski definition) is 4. The number of fused-ring (bicyclic) bond motifs is 1. The lowest BCUT2D eigenvalue weighted by Crippen LogP contribution is -2.50. The van der Waals surface area contributed by atoms with Gasteiger partial charge in [-0.25, -0.2) is 0 Å². The van der Waals surface area contributed by atoms with E-state index in [2.05, 4.69) is 15.1 Å². The van der Waals surface area contributed by atoms with E-state index in [1.165, 1.54) is 43.9 Å². The minimum atomic E-state index is 0.235. The summed E-state index contributed by atoms with van der Waals surface area (Å²) in [5.41, 5.74) is 0.855. The Morgan fingerprint density at radius 2 is 1.96 bits per heavy atom. The van der Waals surface area contributed by atoms with Crippen LogP contribution in [0.5, 0.6) is 0 Å². The van der Waals surface area contributed by atoms with Gasteiger partial charge in [0.15, 0.2) is 11.0 Å². The van der Waals surface area contributed by atoms with E-state index in [9.17, 15) is 4.79 Å². The van der Waals surface area contributed by atoms with Crippen LogP contribution in [0.15, 0.2) is 29.4 Å². The number of carbonyl (C=O) groups is 1. The molecule has 0 N–H and O–H groups in total. The van der Waals surface area contributed by atoms with Crippen molar-refractivity contribution >= 4 is 29.3 Å². The van der Waals surface area contributed by atoms with Crippen LogP contribution in [0.25, 0.3) is 11.4 Å². The maximum Gasteiger partial charge on any atom is 0.233 e. The van der Waals surface area contributed by atoms with Gasteiger partial charge in [0.1, 0.15) is 0 Å². The van der Waals surface area contributed by atoms with E-state index >= 15 is 0 Å². The minimum Gasteiger partial charge on any atom is -0.339 e. The first-order valence-corrected chi connectivity index (χ1v) is 11.1. The van der Waals surface area contributed by atoms with Gasteiger partial charge in [-0.15, -0.1) is 10.2 Å². The maximum absolute atomic E-state index is 12.9. The van der Waals surface area contributed by atoms with E-state index < -0.39 is 0 Å². The first-order chi connectivity index (χ1) is 13.1. The normalized spacial score (nSPS) is 22.5. The zero-order valence-electron chi connectivity index (χ0n) is 15.6. The molecular formula is C20H25ClN4OS. The van der Waals surface area contributed by atoms with Gasteiger partial charge in [-0.3, -0.25) is 4.79 Å². The summed E-state index contributed by atoms with van der Waals surface area (Å²) in [6.07, 6.45) is 7.45. The number of nitrogens with zero attached hydrogens (tertiary/aromatic N) is 4. The van der Waals surface area contributed by atoms with Crippen molar-refractivity contribution in [1.82, 2.24) is 19.7 Å². The van der Waals surface area contributed by atoms with Gasteiger partial charge in [0.25, 0.3) is 0 Å². The molecule has 2 atom stereocenters. The van der Waals surface area contributed by atoms with Crippen LogP contribution in [0.4, 0.5) is 0 Å². The molecule has 1 amide bonds. The van der Waals surface area contributed by atoms with Crippen molar-refractivity contribution in [1.29, 1.82) is 0 Å². The molecule has 144 valence electrons. The summed E-state index contributed by atoms with van der Waals surface area (Å²) in [5.74, 6) is 2.08. The molecule has 5 nitrogen and oxygen atoms in total. The SMILES string of the molecule is Cn1c(SCC(=O)N2CCC[C@@H]3CCCC[C@H]32)nnc1-c1ccccc1Cl. The van der Waals surface area contributed by atoms with E-state index in [-0.39, 0.29) is 5.91 Å². The van der Waals surface area contributed by atoms with Crippen molar-refractivity contribution in [2.75, 3.05) is 12.3 Å². The van der Waals surface area contributed by atoms with Gasteiger partial charge >= 0.3 is 0 Å². The number of piperidine rings is 1. The second kappa shape index (κ2) is 8.23. The monoisotopic (exact) mass is 404 g/mol. The minimum absolute atomic E-state index is 0.235. The summed E-state index contributed by atoms with van der Waals surface area (Å²) in [5, 5.41) is 9.96. The third-order valence-electron chi connectivity index (χ3n) is 5.84. The molecule has 27 heavy (non-hydrogen) atoms. The Bertz CT molecular complexity index is 822. The Morgan fingerprint density at radius 3 is 2.81 bits per heavy atom. The highest BCUT2D eigenvalue weighted by atomic mass is 35.5. The van der Waals surface area contributed by atoms with E-state index in [1.807, 2.05) is 35.9 Å². The Hall–Kier alpha value is -1.53. The summed E-state index contributed by atoms with van der Waals surface area (Å²) in [6, 6.07) is 8.07. The first-order valence-electron chi connectivity index (χ1n) is 9.71. The van der Waals surface area contributed by atoms with Gasteiger partial charge < -0.3 is 9.47 Å². The number of carbonyl (C=O) groups excluding carboxylic acids is 1. The van der Waals surface area contributed by atoms with Crippen molar-refractivity contribution in [3.8, 4) is 11.4 Å². The van der Waals surface area contributed by atoms with Crippen molar-refractivity contribution < 1.29 is 4.79 Å². The van der Waals surface area contributed by atoms with E-state index in [4.69, 9.17) is 11.6 Å². The lowest BCUT2D eigenvalue weighted by atomic mass is 9.78. The predicted molar refractivity (Wildman–Crippen MR) is 109 cm³/mol.